The van der Waals surface area contributed by atoms with Gasteiger partial charge in [-0.05, 0) is 45.1 Å². The van der Waals surface area contributed by atoms with E-state index in [-0.39, 0.29) is 12.1 Å². The van der Waals surface area contributed by atoms with Gasteiger partial charge in [0.15, 0.2) is 0 Å². The number of hydrogen-bond acceptors (Lipinski definition) is 4. The Balaban J connectivity index is 2.16. The van der Waals surface area contributed by atoms with Crippen LogP contribution in [0.3, 0.4) is 0 Å². The topological polar surface area (TPSA) is 78.3 Å². The maximum absolute atomic E-state index is 11.6. The Morgan fingerprint density at radius 1 is 1.25 bits per heavy atom. The summed E-state index contributed by atoms with van der Waals surface area (Å²) in [7, 11) is 0. The van der Waals surface area contributed by atoms with Gasteiger partial charge in [0.2, 0.25) is 0 Å². The smallest absolute Gasteiger partial charge is 0.323 e. The van der Waals surface area contributed by atoms with Gasteiger partial charge in [0.05, 0.1) is 0 Å². The Morgan fingerprint density at radius 3 is 2.56 bits per heavy atom. The molecule has 1 saturated carbocycles. The van der Waals surface area contributed by atoms with Crippen molar-refractivity contribution >= 4 is 5.97 Å². The maximum Gasteiger partial charge on any atom is 0.323 e. The van der Waals surface area contributed by atoms with E-state index in [0.717, 1.165) is 25.7 Å². The minimum Gasteiger partial charge on any atom is -0.461 e. The molecule has 0 amide bonds. The summed E-state index contributed by atoms with van der Waals surface area (Å²) in [5.74, 6) is -0.232. The van der Waals surface area contributed by atoms with Crippen molar-refractivity contribution in [2.75, 3.05) is 6.54 Å². The van der Waals surface area contributed by atoms with Gasteiger partial charge in [0.1, 0.15) is 12.1 Å². The summed E-state index contributed by atoms with van der Waals surface area (Å²) in [4.78, 5) is 11.6. The largest absolute Gasteiger partial charge is 0.461 e. The molecule has 4 N–H and O–H groups in total. The standard InChI is InChI=1S/C12H24N2O2/c13-9-5-4-8-11(14)12(15)16-10-6-2-1-3-7-10/h10-11H,1-9,13-14H2/t11-/m0/s1. The van der Waals surface area contributed by atoms with Crippen LogP contribution in [0.5, 0.6) is 0 Å². The number of unbranched alkanes of at least 4 members (excludes halogenated alkanes) is 1. The van der Waals surface area contributed by atoms with Crippen molar-refractivity contribution in [2.45, 2.75) is 63.5 Å². The van der Waals surface area contributed by atoms with Crippen LogP contribution in [0.4, 0.5) is 0 Å². The predicted octanol–water partition coefficient (Wildman–Crippen LogP) is 1.32. The molecule has 1 fully saturated rings. The molecule has 0 heterocycles. The quantitative estimate of drug-likeness (QED) is 0.531. The molecular formula is C12H24N2O2. The second-order valence-electron chi connectivity index (χ2n) is 4.59. The molecule has 0 radical (unpaired) electrons. The number of hydrogen-bond donors (Lipinski definition) is 2. The van der Waals surface area contributed by atoms with Crippen molar-refractivity contribution in [3.05, 3.63) is 0 Å². The van der Waals surface area contributed by atoms with Gasteiger partial charge in [0.25, 0.3) is 0 Å². The number of nitrogens with two attached hydrogens (primary N) is 2. The van der Waals surface area contributed by atoms with Crippen molar-refractivity contribution < 1.29 is 9.53 Å². The number of ether oxygens (including phenoxy) is 1. The molecule has 0 aromatic rings. The minimum atomic E-state index is -0.464. The van der Waals surface area contributed by atoms with E-state index in [1.54, 1.807) is 0 Å². The second kappa shape index (κ2) is 7.63. The van der Waals surface area contributed by atoms with Crippen LogP contribution in [0.1, 0.15) is 51.4 Å². The van der Waals surface area contributed by atoms with Crippen molar-refractivity contribution in [3.63, 3.8) is 0 Å². The average Bonchev–Trinajstić information content (AvgIpc) is 2.30. The van der Waals surface area contributed by atoms with Crippen molar-refractivity contribution in [1.82, 2.24) is 0 Å². The van der Waals surface area contributed by atoms with E-state index in [2.05, 4.69) is 0 Å². The van der Waals surface area contributed by atoms with E-state index in [0.29, 0.717) is 13.0 Å². The Hall–Kier alpha value is -0.610. The van der Waals surface area contributed by atoms with Crippen molar-refractivity contribution in [1.29, 1.82) is 0 Å². The Kier molecular flexibility index (Phi) is 6.42. The fourth-order valence-corrected chi connectivity index (χ4v) is 2.06. The first-order valence-electron chi connectivity index (χ1n) is 6.40. The number of esters is 1. The summed E-state index contributed by atoms with van der Waals surface area (Å²) < 4.78 is 5.39. The normalized spacial score (nSPS) is 19.4. The van der Waals surface area contributed by atoms with Crippen LogP contribution >= 0.6 is 0 Å². The molecule has 0 aliphatic heterocycles. The van der Waals surface area contributed by atoms with Gasteiger partial charge in [-0.25, -0.2) is 0 Å². The summed E-state index contributed by atoms with van der Waals surface area (Å²) in [5.41, 5.74) is 11.1. The first kappa shape index (κ1) is 13.5. The molecule has 0 saturated heterocycles. The average molecular weight is 228 g/mol. The molecular weight excluding hydrogens is 204 g/mol. The summed E-state index contributed by atoms with van der Waals surface area (Å²) in [6, 6.07) is -0.464. The van der Waals surface area contributed by atoms with Gasteiger partial charge in [-0.2, -0.15) is 0 Å². The lowest BCUT2D eigenvalue weighted by molar-refractivity contribution is -0.152. The van der Waals surface area contributed by atoms with E-state index in [1.807, 2.05) is 0 Å². The molecule has 4 heteroatoms. The van der Waals surface area contributed by atoms with Crippen LogP contribution < -0.4 is 11.5 Å². The fourth-order valence-electron chi connectivity index (χ4n) is 2.06. The number of rotatable bonds is 6. The van der Waals surface area contributed by atoms with Crippen LogP contribution in [-0.2, 0) is 9.53 Å². The van der Waals surface area contributed by atoms with Crippen LogP contribution in [-0.4, -0.2) is 24.7 Å². The molecule has 0 aromatic carbocycles. The molecule has 1 aliphatic carbocycles. The molecule has 0 spiro atoms. The Labute approximate surface area is 97.7 Å². The van der Waals surface area contributed by atoms with Crippen molar-refractivity contribution in [2.24, 2.45) is 11.5 Å². The monoisotopic (exact) mass is 228 g/mol. The first-order valence-corrected chi connectivity index (χ1v) is 6.40. The third kappa shape index (κ3) is 4.94. The van der Waals surface area contributed by atoms with Crippen LogP contribution in [0.25, 0.3) is 0 Å². The molecule has 0 bridgehead atoms. The van der Waals surface area contributed by atoms with E-state index < -0.39 is 6.04 Å². The van der Waals surface area contributed by atoms with Gasteiger partial charge >= 0.3 is 5.97 Å². The summed E-state index contributed by atoms with van der Waals surface area (Å²) >= 11 is 0. The second-order valence-corrected chi connectivity index (χ2v) is 4.59. The summed E-state index contributed by atoms with van der Waals surface area (Å²) in [6.45, 7) is 0.657. The summed E-state index contributed by atoms with van der Waals surface area (Å²) in [5, 5.41) is 0. The molecule has 1 rings (SSSR count). The van der Waals surface area contributed by atoms with Crippen molar-refractivity contribution in [3.8, 4) is 0 Å². The minimum absolute atomic E-state index is 0.113. The number of carbonyl (C=O) groups excluding carboxylic acids is 1. The van der Waals surface area contributed by atoms with Gasteiger partial charge < -0.3 is 16.2 Å². The van der Waals surface area contributed by atoms with Crippen LogP contribution in [0, 0.1) is 0 Å². The highest BCUT2D eigenvalue weighted by molar-refractivity contribution is 5.75. The number of carbonyl (C=O) groups is 1. The fraction of sp³-hybridized carbons (Fsp3) is 0.917. The molecule has 0 aromatic heterocycles. The van der Waals surface area contributed by atoms with E-state index in [4.69, 9.17) is 16.2 Å². The molecule has 0 unspecified atom stereocenters. The molecule has 94 valence electrons. The molecule has 1 atom stereocenters. The molecule has 4 nitrogen and oxygen atoms in total. The van der Waals surface area contributed by atoms with Gasteiger partial charge in [-0.3, -0.25) is 4.79 Å². The lowest BCUT2D eigenvalue weighted by atomic mass is 9.98. The zero-order chi connectivity index (χ0) is 11.8. The third-order valence-electron chi connectivity index (χ3n) is 3.11. The van der Waals surface area contributed by atoms with E-state index in [1.165, 1.54) is 19.3 Å². The zero-order valence-electron chi connectivity index (χ0n) is 9.99. The SMILES string of the molecule is NCCCC[C@H](N)C(=O)OC1CCCCC1. The lowest BCUT2D eigenvalue weighted by Gasteiger charge is -2.23. The predicted molar refractivity (Wildman–Crippen MR) is 63.8 cm³/mol. The lowest BCUT2D eigenvalue weighted by Crippen LogP contribution is -2.35. The van der Waals surface area contributed by atoms with Gasteiger partial charge in [0, 0.05) is 0 Å². The highest BCUT2D eigenvalue weighted by Gasteiger charge is 2.21. The highest BCUT2D eigenvalue weighted by Crippen LogP contribution is 2.20. The van der Waals surface area contributed by atoms with Crippen LogP contribution in [0.2, 0.25) is 0 Å². The Morgan fingerprint density at radius 2 is 1.94 bits per heavy atom. The van der Waals surface area contributed by atoms with Gasteiger partial charge in [-0.1, -0.05) is 12.8 Å². The molecule has 16 heavy (non-hydrogen) atoms. The van der Waals surface area contributed by atoms with Gasteiger partial charge in [-0.15, -0.1) is 0 Å². The molecule has 1 aliphatic rings. The van der Waals surface area contributed by atoms with E-state index >= 15 is 0 Å². The summed E-state index contributed by atoms with van der Waals surface area (Å²) in [6.07, 6.45) is 8.21. The van der Waals surface area contributed by atoms with E-state index in [9.17, 15) is 4.79 Å². The van der Waals surface area contributed by atoms with Crippen LogP contribution in [0.15, 0.2) is 0 Å². The Bertz CT molecular complexity index is 203. The third-order valence-corrected chi connectivity index (χ3v) is 3.11. The first-order chi connectivity index (χ1) is 7.74. The zero-order valence-corrected chi connectivity index (χ0v) is 9.99. The maximum atomic E-state index is 11.6. The highest BCUT2D eigenvalue weighted by atomic mass is 16.5.